The fourth-order valence-corrected chi connectivity index (χ4v) is 9.12. The minimum absolute atomic E-state index is 0.0301. The zero-order chi connectivity index (χ0) is 43.2. The number of carbonyl (C=O) groups is 4. The molecule has 3 aliphatic rings. The van der Waals surface area contributed by atoms with E-state index in [1.807, 2.05) is 41.7 Å². The van der Waals surface area contributed by atoms with E-state index in [2.05, 4.69) is 43.0 Å². The number of aromatic nitrogens is 1. The van der Waals surface area contributed by atoms with E-state index in [9.17, 15) is 28.5 Å². The average molecular weight is 886 g/mol. The van der Waals surface area contributed by atoms with E-state index in [1.54, 1.807) is 45.5 Å². The van der Waals surface area contributed by atoms with Crippen molar-refractivity contribution >= 4 is 59.3 Å². The molecule has 1 aromatic carbocycles. The van der Waals surface area contributed by atoms with Gasteiger partial charge in [0.25, 0.3) is 6.47 Å². The van der Waals surface area contributed by atoms with Crippen molar-refractivity contribution in [3.8, 4) is 5.75 Å². The summed E-state index contributed by atoms with van der Waals surface area (Å²) in [5, 5.41) is 6.18. The Balaban J connectivity index is 0.000000371. The number of fused-ring (bicyclic) bond motifs is 1. The van der Waals surface area contributed by atoms with Crippen LogP contribution in [0.3, 0.4) is 0 Å². The molecule has 322 valence electrons. The van der Waals surface area contributed by atoms with Crippen molar-refractivity contribution in [1.82, 2.24) is 20.5 Å². The Bertz CT molecular complexity index is 1650. The Morgan fingerprint density at radius 2 is 1.72 bits per heavy atom. The Kier molecular flexibility index (Phi) is 23.8. The van der Waals surface area contributed by atoms with Crippen molar-refractivity contribution in [2.45, 2.75) is 103 Å². The van der Waals surface area contributed by atoms with E-state index in [-0.39, 0.29) is 46.1 Å². The Morgan fingerprint density at radius 3 is 2.09 bits per heavy atom. The third-order valence-electron chi connectivity index (χ3n) is 9.91. The van der Waals surface area contributed by atoms with Gasteiger partial charge in [0.05, 0.1) is 48.9 Å². The zero-order valence-corrected chi connectivity index (χ0v) is 37.7. The number of benzene rings is 1. The first-order chi connectivity index (χ1) is 27.0. The van der Waals surface area contributed by atoms with Crippen molar-refractivity contribution in [2.24, 2.45) is 11.3 Å². The number of hydrogen-bond donors (Lipinski definition) is 3. The molecule has 16 heteroatoms. The first kappa shape index (κ1) is 52.0. The molecule has 0 radical (unpaired) electrons. The lowest BCUT2D eigenvalue weighted by molar-refractivity contribution is -0.133. The molecule has 2 saturated carbocycles. The minimum Gasteiger partial charge on any atom is -0.497 e. The van der Waals surface area contributed by atoms with Crippen LogP contribution in [0.1, 0.15) is 90.1 Å². The van der Waals surface area contributed by atoms with Gasteiger partial charge in [-0.05, 0) is 104 Å². The number of alkyl halides is 1. The van der Waals surface area contributed by atoms with E-state index in [1.165, 1.54) is 25.3 Å². The van der Waals surface area contributed by atoms with Gasteiger partial charge in [-0.3, -0.25) is 23.8 Å². The number of aldehydes is 2. The molecule has 57 heavy (non-hydrogen) atoms. The molecule has 3 N–H and O–H groups in total. The first-order valence-electron chi connectivity index (χ1n) is 19.4. The maximum Gasteiger partial charge on any atom is 0.351 e. The lowest BCUT2D eigenvalue weighted by atomic mass is 9.88. The Hall–Kier alpha value is -3.04. The lowest BCUT2D eigenvalue weighted by Gasteiger charge is -2.26. The summed E-state index contributed by atoms with van der Waals surface area (Å²) in [4.78, 5) is 58.6. The van der Waals surface area contributed by atoms with Crippen LogP contribution < -0.4 is 20.8 Å². The monoisotopic (exact) mass is 884 g/mol. The smallest absolute Gasteiger partial charge is 0.351 e. The summed E-state index contributed by atoms with van der Waals surface area (Å²) < 4.78 is 33.0. The molecule has 0 bridgehead atoms. The fourth-order valence-electron chi connectivity index (χ4n) is 6.40. The molecule has 2 unspecified atom stereocenters. The van der Waals surface area contributed by atoms with E-state index in [0.29, 0.717) is 42.0 Å². The molecule has 1 aliphatic heterocycles. The van der Waals surface area contributed by atoms with E-state index in [4.69, 9.17) is 18.5 Å². The highest BCUT2D eigenvalue weighted by Crippen LogP contribution is 2.72. The maximum atomic E-state index is 12.5. The number of H-pyrrole nitrogens is 1. The van der Waals surface area contributed by atoms with Crippen molar-refractivity contribution in [3.63, 3.8) is 0 Å². The van der Waals surface area contributed by atoms with Gasteiger partial charge in [-0.15, -0.1) is 6.58 Å². The summed E-state index contributed by atoms with van der Waals surface area (Å²) in [6.07, 6.45) is 11.6. The number of methoxy groups -OCH3 is 1. The molecule has 3 fully saturated rings. The number of likely N-dealkylation sites (tertiary alicyclic amines) is 1. The van der Waals surface area contributed by atoms with Gasteiger partial charge in [0.2, 0.25) is 0 Å². The topological polar surface area (TPSA) is 182 Å². The van der Waals surface area contributed by atoms with Crippen LogP contribution in [0, 0.1) is 11.3 Å². The highest BCUT2D eigenvalue weighted by Gasteiger charge is 2.66. The molecular weight excluding hydrogens is 819 g/mol. The van der Waals surface area contributed by atoms with Gasteiger partial charge in [0.15, 0.2) is 11.2 Å². The number of halogens is 1. The quantitative estimate of drug-likeness (QED) is 0.0566. The van der Waals surface area contributed by atoms with Crippen LogP contribution in [0.5, 0.6) is 5.75 Å². The number of aromatic amines is 1. The lowest BCUT2D eigenvalue weighted by Crippen LogP contribution is -2.39. The number of rotatable bonds is 15. The van der Waals surface area contributed by atoms with Crippen LogP contribution in [0.15, 0.2) is 41.7 Å². The highest BCUT2D eigenvalue weighted by molar-refractivity contribution is 9.09. The summed E-state index contributed by atoms with van der Waals surface area (Å²) in [5.74, 6) is 0.648. The SMILES string of the molecule is C=CC1C[C@]1(NC)P(=O)(OCC)OCC.CN1CCCC1C=O.CN[C@H](C=O)C(C)(C)C.COc1ccc2c(=O)cc(C(=O)CBr)[nH]c2c1.O=COC1CCCC1. The van der Waals surface area contributed by atoms with Gasteiger partial charge >= 0.3 is 7.60 Å². The minimum atomic E-state index is -3.07. The van der Waals surface area contributed by atoms with E-state index >= 15 is 0 Å². The molecule has 2 heterocycles. The Labute approximate surface area is 347 Å². The molecule has 4 atom stereocenters. The second-order valence-corrected chi connectivity index (χ2v) is 17.7. The summed E-state index contributed by atoms with van der Waals surface area (Å²) in [5.41, 5.74) is 0.760. The van der Waals surface area contributed by atoms with Crippen LogP contribution in [0.4, 0.5) is 0 Å². The number of carbonyl (C=O) groups excluding carboxylic acids is 4. The number of likely N-dealkylation sites (N-methyl/N-ethyl adjacent to an activating group) is 2. The Morgan fingerprint density at radius 1 is 1.09 bits per heavy atom. The number of hydrogen-bond acceptors (Lipinski definition) is 13. The summed E-state index contributed by atoms with van der Waals surface area (Å²) in [6.45, 7) is 15.9. The van der Waals surface area contributed by atoms with Gasteiger partial charge in [-0.25, -0.2) is 0 Å². The third-order valence-corrected chi connectivity index (χ3v) is 13.3. The van der Waals surface area contributed by atoms with Crippen molar-refractivity contribution in [1.29, 1.82) is 0 Å². The number of ketones is 1. The second-order valence-electron chi connectivity index (χ2n) is 14.8. The first-order valence-corrected chi connectivity index (χ1v) is 22.1. The van der Waals surface area contributed by atoms with Crippen molar-refractivity contribution in [3.05, 3.63) is 52.8 Å². The zero-order valence-electron chi connectivity index (χ0n) is 35.3. The summed E-state index contributed by atoms with van der Waals surface area (Å²) in [6, 6.07) is 6.59. The van der Waals surface area contributed by atoms with Gasteiger partial charge in [-0.1, -0.05) is 42.8 Å². The molecule has 1 saturated heterocycles. The third kappa shape index (κ3) is 15.9. The number of Topliss-reactive ketones (excluding diaryl/α,β-unsaturated/α-hetero) is 1. The van der Waals surface area contributed by atoms with Gasteiger partial charge in [-0.2, -0.15) is 0 Å². The van der Waals surface area contributed by atoms with Gasteiger partial charge in [0.1, 0.15) is 29.7 Å². The number of nitrogens with one attached hydrogen (secondary N) is 3. The van der Waals surface area contributed by atoms with Gasteiger partial charge < -0.3 is 43.7 Å². The molecule has 0 amide bonds. The maximum absolute atomic E-state index is 12.5. The van der Waals surface area contributed by atoms with Crippen LogP contribution in [-0.4, -0.2) is 112 Å². The van der Waals surface area contributed by atoms with Crippen molar-refractivity contribution in [2.75, 3.05) is 53.3 Å². The average Bonchev–Trinajstić information content (AvgIpc) is 3.43. The number of pyridine rings is 1. The second kappa shape index (κ2) is 26.1. The predicted molar refractivity (Wildman–Crippen MR) is 230 cm³/mol. The summed E-state index contributed by atoms with van der Waals surface area (Å²) >= 11 is 3.07. The predicted octanol–water partition coefficient (Wildman–Crippen LogP) is 6.69. The fraction of sp³-hybridized carbons (Fsp3) is 0.634. The van der Waals surface area contributed by atoms with E-state index in [0.717, 1.165) is 44.8 Å². The molecule has 2 aromatic rings. The number of ether oxygens (including phenoxy) is 2. The molecule has 1 aromatic heterocycles. The molecule has 14 nitrogen and oxygen atoms in total. The van der Waals surface area contributed by atoms with Crippen LogP contribution in [0.25, 0.3) is 10.9 Å². The normalized spacial score (nSPS) is 20.7. The standard InChI is InChI=1S/C12H10BrNO3.C10H20NO3P.C7H15NO.C6H11NO.C6H10O2/c1-17-7-2-3-8-9(4-7)14-10(5-11(8)15)12(16)6-13;1-5-9-8-10(9,11-4)15(12,13-6-2)14-7-3;1-7(2,3)6(5-9)8-4;1-7-4-2-3-6(7)5-8;7-5-8-6-3-1-2-4-6/h2-5H,6H2,1H3,(H,14,15);5,9,11H,1,6-8H2,2-4H3;5-6,8H,1-4H3;5-6H,2-4H2,1H3;5-6H,1-4H2/t;9?,10-;6-;;/m.01../s1. The molecular formula is C41H66BrN4O10P. The number of nitrogens with zero attached hydrogens (tertiary/aromatic N) is 1. The van der Waals surface area contributed by atoms with Crippen molar-refractivity contribution < 1.29 is 42.3 Å². The largest absolute Gasteiger partial charge is 0.497 e. The van der Waals surface area contributed by atoms with Gasteiger partial charge in [0, 0.05) is 23.4 Å². The van der Waals surface area contributed by atoms with Crippen LogP contribution in [-0.2, 0) is 32.7 Å². The molecule has 5 rings (SSSR count). The van der Waals surface area contributed by atoms with Crippen LogP contribution in [0.2, 0.25) is 0 Å². The highest BCUT2D eigenvalue weighted by atomic mass is 79.9. The van der Waals surface area contributed by atoms with Crippen LogP contribution >= 0.6 is 23.5 Å². The molecule has 0 spiro atoms. The molecule has 2 aliphatic carbocycles. The van der Waals surface area contributed by atoms with E-state index < -0.39 is 12.9 Å². The summed E-state index contributed by atoms with van der Waals surface area (Å²) in [7, 11) is 4.06.